The summed E-state index contributed by atoms with van der Waals surface area (Å²) < 4.78 is 5.64. The Morgan fingerprint density at radius 3 is 2.78 bits per heavy atom. The average Bonchev–Trinajstić information content (AvgIpc) is 3.10. The summed E-state index contributed by atoms with van der Waals surface area (Å²) in [7, 11) is 0. The highest BCUT2D eigenvalue weighted by atomic mass is 16.5. The van der Waals surface area contributed by atoms with Gasteiger partial charge in [0.15, 0.2) is 0 Å². The Kier molecular flexibility index (Phi) is 3.65. The molecule has 0 bridgehead atoms. The van der Waals surface area contributed by atoms with Crippen molar-refractivity contribution in [3.63, 3.8) is 0 Å². The van der Waals surface area contributed by atoms with E-state index >= 15 is 0 Å². The van der Waals surface area contributed by atoms with Gasteiger partial charge in [-0.3, -0.25) is 4.90 Å². The molecule has 1 saturated carbocycles. The van der Waals surface area contributed by atoms with E-state index < -0.39 is 0 Å². The van der Waals surface area contributed by atoms with Crippen LogP contribution in [0.5, 0.6) is 0 Å². The van der Waals surface area contributed by atoms with E-state index in [1.807, 2.05) is 0 Å². The van der Waals surface area contributed by atoms with Gasteiger partial charge in [-0.15, -0.1) is 0 Å². The molecular weight excluding hydrogens is 224 g/mol. The highest BCUT2D eigenvalue weighted by Crippen LogP contribution is 2.45. The standard InChI is InChI=1S/C15H28N2O/c1-3-4-13-9-17(14-7-8-18-10-14)15(2,11-16-13)12-5-6-12/h12-14,16H,3-11H2,1-2H3. The van der Waals surface area contributed by atoms with Crippen molar-refractivity contribution in [1.29, 1.82) is 0 Å². The average molecular weight is 252 g/mol. The van der Waals surface area contributed by atoms with Crippen LogP contribution in [0.3, 0.4) is 0 Å². The van der Waals surface area contributed by atoms with Gasteiger partial charge in [-0.1, -0.05) is 13.3 Å². The quantitative estimate of drug-likeness (QED) is 0.828. The molecule has 2 aliphatic heterocycles. The van der Waals surface area contributed by atoms with Gasteiger partial charge >= 0.3 is 0 Å². The SMILES string of the molecule is CCCC1CN(C2CCOC2)C(C)(C2CC2)CN1. The van der Waals surface area contributed by atoms with E-state index in [9.17, 15) is 0 Å². The van der Waals surface area contributed by atoms with Crippen LogP contribution in [0, 0.1) is 5.92 Å². The summed E-state index contributed by atoms with van der Waals surface area (Å²) in [6.45, 7) is 9.11. The van der Waals surface area contributed by atoms with Crippen LogP contribution in [0.4, 0.5) is 0 Å². The van der Waals surface area contributed by atoms with Crippen LogP contribution in [0.15, 0.2) is 0 Å². The molecule has 3 atom stereocenters. The van der Waals surface area contributed by atoms with Crippen LogP contribution in [-0.4, -0.2) is 48.8 Å². The number of hydrogen-bond donors (Lipinski definition) is 1. The number of ether oxygens (including phenoxy) is 1. The molecule has 104 valence electrons. The maximum atomic E-state index is 5.64. The molecule has 3 rings (SSSR count). The molecule has 0 aromatic rings. The topological polar surface area (TPSA) is 24.5 Å². The summed E-state index contributed by atoms with van der Waals surface area (Å²) in [6.07, 6.45) is 6.69. The van der Waals surface area contributed by atoms with Gasteiger partial charge < -0.3 is 10.1 Å². The maximum Gasteiger partial charge on any atom is 0.0622 e. The molecule has 0 aromatic heterocycles. The van der Waals surface area contributed by atoms with E-state index in [0.29, 0.717) is 17.6 Å². The number of nitrogens with one attached hydrogen (secondary N) is 1. The van der Waals surface area contributed by atoms with Gasteiger partial charge in [0.05, 0.1) is 6.61 Å². The monoisotopic (exact) mass is 252 g/mol. The number of nitrogens with zero attached hydrogens (tertiary/aromatic N) is 1. The number of piperazine rings is 1. The van der Waals surface area contributed by atoms with Crippen molar-refractivity contribution in [2.75, 3.05) is 26.3 Å². The lowest BCUT2D eigenvalue weighted by Crippen LogP contribution is -2.67. The van der Waals surface area contributed by atoms with Crippen molar-refractivity contribution in [3.05, 3.63) is 0 Å². The molecule has 3 unspecified atom stereocenters. The van der Waals surface area contributed by atoms with Crippen molar-refractivity contribution in [1.82, 2.24) is 10.2 Å². The van der Waals surface area contributed by atoms with Crippen LogP contribution in [-0.2, 0) is 4.74 Å². The van der Waals surface area contributed by atoms with E-state index in [2.05, 4.69) is 24.1 Å². The van der Waals surface area contributed by atoms with Crippen LogP contribution in [0.25, 0.3) is 0 Å². The normalized spacial score (nSPS) is 42.3. The van der Waals surface area contributed by atoms with Crippen LogP contribution in [0.1, 0.15) is 46.0 Å². The Labute approximate surface area is 111 Å². The minimum Gasteiger partial charge on any atom is -0.380 e. The zero-order valence-corrected chi connectivity index (χ0v) is 12.0. The Morgan fingerprint density at radius 1 is 1.33 bits per heavy atom. The summed E-state index contributed by atoms with van der Waals surface area (Å²) >= 11 is 0. The van der Waals surface area contributed by atoms with Crippen molar-refractivity contribution in [3.8, 4) is 0 Å². The first-order valence-corrected chi connectivity index (χ1v) is 7.82. The Morgan fingerprint density at radius 2 is 2.17 bits per heavy atom. The third-order valence-electron chi connectivity index (χ3n) is 5.26. The van der Waals surface area contributed by atoms with Gasteiger partial charge in [0, 0.05) is 37.3 Å². The van der Waals surface area contributed by atoms with Gasteiger partial charge in [0.1, 0.15) is 0 Å². The van der Waals surface area contributed by atoms with Crippen LogP contribution in [0.2, 0.25) is 0 Å². The van der Waals surface area contributed by atoms with E-state index in [4.69, 9.17) is 4.74 Å². The maximum absolute atomic E-state index is 5.64. The van der Waals surface area contributed by atoms with Crippen molar-refractivity contribution < 1.29 is 4.74 Å². The summed E-state index contributed by atoms with van der Waals surface area (Å²) in [5, 5.41) is 3.80. The second kappa shape index (κ2) is 5.10. The fourth-order valence-corrected chi connectivity index (χ4v) is 3.92. The molecule has 2 saturated heterocycles. The first-order chi connectivity index (χ1) is 8.74. The fraction of sp³-hybridized carbons (Fsp3) is 1.00. The summed E-state index contributed by atoms with van der Waals surface area (Å²) in [6, 6.07) is 1.37. The van der Waals surface area contributed by atoms with E-state index in [1.165, 1.54) is 45.2 Å². The Bertz CT molecular complexity index is 286. The second-order valence-electron chi connectivity index (χ2n) is 6.67. The van der Waals surface area contributed by atoms with Crippen LogP contribution >= 0.6 is 0 Å². The first-order valence-electron chi connectivity index (χ1n) is 7.82. The lowest BCUT2D eigenvalue weighted by molar-refractivity contribution is -0.00654. The Hall–Kier alpha value is -0.120. The smallest absolute Gasteiger partial charge is 0.0622 e. The lowest BCUT2D eigenvalue weighted by atomic mass is 9.87. The minimum absolute atomic E-state index is 0.391. The molecule has 3 aliphatic rings. The molecule has 3 heteroatoms. The minimum atomic E-state index is 0.391. The molecular formula is C15H28N2O. The molecule has 0 amide bonds. The van der Waals surface area contributed by atoms with Gasteiger partial charge in [0.25, 0.3) is 0 Å². The molecule has 0 radical (unpaired) electrons. The second-order valence-corrected chi connectivity index (χ2v) is 6.67. The lowest BCUT2D eigenvalue weighted by Gasteiger charge is -2.51. The summed E-state index contributed by atoms with van der Waals surface area (Å²) in [5.41, 5.74) is 0.391. The first kappa shape index (κ1) is 12.9. The third-order valence-corrected chi connectivity index (χ3v) is 5.26. The zero-order chi connectivity index (χ0) is 12.6. The predicted molar refractivity (Wildman–Crippen MR) is 73.8 cm³/mol. The van der Waals surface area contributed by atoms with E-state index in [0.717, 1.165) is 19.1 Å². The largest absolute Gasteiger partial charge is 0.380 e. The van der Waals surface area contributed by atoms with Gasteiger partial charge in [-0.25, -0.2) is 0 Å². The molecule has 3 nitrogen and oxygen atoms in total. The molecule has 0 aromatic carbocycles. The molecule has 1 N–H and O–H groups in total. The summed E-state index contributed by atoms with van der Waals surface area (Å²) in [4.78, 5) is 2.81. The predicted octanol–water partition coefficient (Wildman–Crippen LogP) is 2.02. The molecule has 3 fully saturated rings. The van der Waals surface area contributed by atoms with Crippen molar-refractivity contribution in [2.24, 2.45) is 5.92 Å². The molecule has 1 aliphatic carbocycles. The van der Waals surface area contributed by atoms with Crippen LogP contribution < -0.4 is 5.32 Å². The van der Waals surface area contributed by atoms with Crippen molar-refractivity contribution in [2.45, 2.75) is 63.6 Å². The zero-order valence-electron chi connectivity index (χ0n) is 12.0. The number of hydrogen-bond acceptors (Lipinski definition) is 3. The third kappa shape index (κ3) is 2.33. The van der Waals surface area contributed by atoms with E-state index in [-0.39, 0.29) is 0 Å². The van der Waals surface area contributed by atoms with E-state index in [1.54, 1.807) is 0 Å². The Balaban J connectivity index is 1.73. The van der Waals surface area contributed by atoms with Crippen molar-refractivity contribution >= 4 is 0 Å². The fourth-order valence-electron chi connectivity index (χ4n) is 3.92. The summed E-state index contributed by atoms with van der Waals surface area (Å²) in [5.74, 6) is 0.924. The highest BCUT2D eigenvalue weighted by molar-refractivity contribution is 5.06. The molecule has 2 heterocycles. The number of rotatable bonds is 4. The van der Waals surface area contributed by atoms with Gasteiger partial charge in [-0.05, 0) is 38.5 Å². The highest BCUT2D eigenvalue weighted by Gasteiger charge is 2.50. The molecule has 18 heavy (non-hydrogen) atoms. The van der Waals surface area contributed by atoms with Gasteiger partial charge in [-0.2, -0.15) is 0 Å². The molecule has 0 spiro atoms. The van der Waals surface area contributed by atoms with Gasteiger partial charge in [0.2, 0.25) is 0 Å².